The predicted molar refractivity (Wildman–Crippen MR) is 113 cm³/mol. The van der Waals surface area contributed by atoms with Crippen molar-refractivity contribution in [3.8, 4) is 23.0 Å². The van der Waals surface area contributed by atoms with Crippen molar-refractivity contribution >= 4 is 5.91 Å². The third-order valence-corrected chi connectivity index (χ3v) is 5.23. The second-order valence-electron chi connectivity index (χ2n) is 7.50. The lowest BCUT2D eigenvalue weighted by Crippen LogP contribution is -2.43. The second kappa shape index (κ2) is 8.18. The van der Waals surface area contributed by atoms with E-state index in [0.717, 1.165) is 11.3 Å². The number of carbonyl (C=O) groups excluding carboxylic acids is 1. The third-order valence-electron chi connectivity index (χ3n) is 5.23. The zero-order chi connectivity index (χ0) is 21.2. The molecule has 0 saturated heterocycles. The van der Waals surface area contributed by atoms with Gasteiger partial charge in [0.1, 0.15) is 12.3 Å². The van der Waals surface area contributed by atoms with Gasteiger partial charge in [-0.15, -0.1) is 0 Å². The predicted octanol–water partition coefficient (Wildman–Crippen LogP) is 3.60. The van der Waals surface area contributed by atoms with E-state index in [1.165, 1.54) is 0 Å². The average molecular weight is 418 g/mol. The van der Waals surface area contributed by atoms with Crippen molar-refractivity contribution in [1.29, 1.82) is 0 Å². The maximum absolute atomic E-state index is 13.4. The number of hydrogen-bond acceptors (Lipinski definition) is 6. The number of pyridine rings is 1. The Bertz CT molecular complexity index is 1120. The van der Waals surface area contributed by atoms with Crippen LogP contribution in [0, 0.1) is 6.92 Å². The van der Waals surface area contributed by atoms with Crippen LogP contribution < -0.4 is 18.9 Å². The van der Waals surface area contributed by atoms with Crippen LogP contribution in [0.3, 0.4) is 0 Å². The van der Waals surface area contributed by atoms with Gasteiger partial charge in [-0.2, -0.15) is 0 Å². The molecule has 0 saturated carbocycles. The normalized spacial score (nSPS) is 16.1. The van der Waals surface area contributed by atoms with Crippen molar-refractivity contribution in [2.45, 2.75) is 19.6 Å². The van der Waals surface area contributed by atoms with Gasteiger partial charge in [0.15, 0.2) is 29.1 Å². The van der Waals surface area contributed by atoms with Crippen LogP contribution in [-0.2, 0) is 6.54 Å². The Hall–Kier alpha value is -3.74. The summed E-state index contributed by atoms with van der Waals surface area (Å²) in [5, 5.41) is 0. The summed E-state index contributed by atoms with van der Waals surface area (Å²) in [6.07, 6.45) is -0.308. The van der Waals surface area contributed by atoms with Crippen LogP contribution >= 0.6 is 0 Å². The minimum absolute atomic E-state index is 0.177. The van der Waals surface area contributed by atoms with E-state index >= 15 is 0 Å². The fourth-order valence-corrected chi connectivity index (χ4v) is 3.76. The van der Waals surface area contributed by atoms with E-state index in [2.05, 4.69) is 4.98 Å². The molecule has 2 aliphatic heterocycles. The average Bonchev–Trinajstić information content (AvgIpc) is 3.28. The number of fused-ring (bicyclic) bond motifs is 2. The monoisotopic (exact) mass is 418 g/mol. The molecule has 31 heavy (non-hydrogen) atoms. The number of para-hydroxylation sites is 3. The summed E-state index contributed by atoms with van der Waals surface area (Å²) >= 11 is 0. The van der Waals surface area contributed by atoms with Gasteiger partial charge in [-0.1, -0.05) is 30.3 Å². The molecule has 0 fully saturated rings. The van der Waals surface area contributed by atoms with E-state index in [4.69, 9.17) is 18.9 Å². The van der Waals surface area contributed by atoms with Crippen molar-refractivity contribution in [2.75, 3.05) is 19.9 Å². The summed E-state index contributed by atoms with van der Waals surface area (Å²) < 4.78 is 23.1. The van der Waals surface area contributed by atoms with Crippen LogP contribution in [0.2, 0.25) is 0 Å². The molecule has 7 nitrogen and oxygen atoms in total. The summed E-state index contributed by atoms with van der Waals surface area (Å²) in [6.45, 7) is 3.08. The summed E-state index contributed by atoms with van der Waals surface area (Å²) in [6, 6.07) is 18.7. The van der Waals surface area contributed by atoms with Gasteiger partial charge in [-0.05, 0) is 37.3 Å². The molecule has 0 spiro atoms. The SMILES string of the molecule is Cc1cccc(C(=O)N(Cc2cccc3c2OCO3)CC2COc3ccccc3O2)n1. The third kappa shape index (κ3) is 3.99. The first-order valence-electron chi connectivity index (χ1n) is 10.2. The van der Waals surface area contributed by atoms with E-state index in [1.807, 2.05) is 61.5 Å². The molecule has 3 aromatic rings. The van der Waals surface area contributed by atoms with Crippen LogP contribution in [0.1, 0.15) is 21.7 Å². The van der Waals surface area contributed by atoms with Gasteiger partial charge in [0.05, 0.1) is 6.54 Å². The Labute approximate surface area is 180 Å². The van der Waals surface area contributed by atoms with Gasteiger partial charge in [0, 0.05) is 17.8 Å². The molecule has 7 heteroatoms. The molecule has 1 unspecified atom stereocenters. The molecule has 5 rings (SSSR count). The molecule has 1 amide bonds. The fraction of sp³-hybridized carbons (Fsp3) is 0.250. The minimum Gasteiger partial charge on any atom is -0.486 e. The smallest absolute Gasteiger partial charge is 0.272 e. The number of hydrogen-bond donors (Lipinski definition) is 0. The zero-order valence-electron chi connectivity index (χ0n) is 17.1. The molecular formula is C24H22N2O5. The number of nitrogens with zero attached hydrogens (tertiary/aromatic N) is 2. The molecule has 0 radical (unpaired) electrons. The fourth-order valence-electron chi connectivity index (χ4n) is 3.76. The minimum atomic E-state index is -0.308. The molecule has 1 atom stereocenters. The highest BCUT2D eigenvalue weighted by atomic mass is 16.7. The first kappa shape index (κ1) is 19.2. The van der Waals surface area contributed by atoms with E-state index in [9.17, 15) is 4.79 Å². The van der Waals surface area contributed by atoms with Crippen LogP contribution in [0.15, 0.2) is 60.7 Å². The molecular weight excluding hydrogens is 396 g/mol. The number of ether oxygens (including phenoxy) is 4. The molecule has 2 aromatic carbocycles. The maximum Gasteiger partial charge on any atom is 0.272 e. The largest absolute Gasteiger partial charge is 0.486 e. The number of aryl methyl sites for hydroxylation is 1. The topological polar surface area (TPSA) is 70.1 Å². The molecule has 158 valence electrons. The quantitative estimate of drug-likeness (QED) is 0.631. The molecule has 2 aliphatic rings. The molecule has 3 heterocycles. The van der Waals surface area contributed by atoms with E-state index in [0.29, 0.717) is 48.4 Å². The van der Waals surface area contributed by atoms with Crippen LogP contribution in [-0.4, -0.2) is 41.8 Å². The van der Waals surface area contributed by atoms with Crippen LogP contribution in [0.25, 0.3) is 0 Å². The molecule has 0 N–H and O–H groups in total. The second-order valence-corrected chi connectivity index (χ2v) is 7.50. The van der Waals surface area contributed by atoms with Gasteiger partial charge >= 0.3 is 0 Å². The highest BCUT2D eigenvalue weighted by Gasteiger charge is 2.28. The number of rotatable bonds is 5. The lowest BCUT2D eigenvalue weighted by Gasteiger charge is -2.31. The van der Waals surface area contributed by atoms with Gasteiger partial charge in [-0.3, -0.25) is 4.79 Å². The highest BCUT2D eigenvalue weighted by molar-refractivity contribution is 5.92. The number of benzene rings is 2. The molecule has 0 bridgehead atoms. The number of carbonyl (C=O) groups is 1. The van der Waals surface area contributed by atoms with Crippen LogP contribution in [0.5, 0.6) is 23.0 Å². The standard InChI is InChI=1S/C24H22N2O5/c1-16-6-4-8-19(25-16)24(27)26(12-17-7-5-11-22-23(17)30-15-29-22)13-18-14-28-20-9-2-3-10-21(20)31-18/h2-11,18H,12-15H2,1H3. The summed E-state index contributed by atoms with van der Waals surface area (Å²) in [5.41, 5.74) is 2.05. The number of aromatic nitrogens is 1. The Morgan fingerprint density at radius 3 is 2.65 bits per heavy atom. The van der Waals surface area contributed by atoms with Crippen LogP contribution in [0.4, 0.5) is 0 Å². The lowest BCUT2D eigenvalue weighted by atomic mass is 10.1. The van der Waals surface area contributed by atoms with Crippen molar-refractivity contribution < 1.29 is 23.7 Å². The van der Waals surface area contributed by atoms with Crippen molar-refractivity contribution in [3.63, 3.8) is 0 Å². The Morgan fingerprint density at radius 2 is 1.77 bits per heavy atom. The Balaban J connectivity index is 1.42. The molecule has 0 aliphatic carbocycles. The summed E-state index contributed by atoms with van der Waals surface area (Å²) in [4.78, 5) is 19.6. The summed E-state index contributed by atoms with van der Waals surface area (Å²) in [5.74, 6) is 2.57. The first-order chi connectivity index (χ1) is 15.2. The summed E-state index contributed by atoms with van der Waals surface area (Å²) in [7, 11) is 0. The van der Waals surface area contributed by atoms with E-state index in [1.54, 1.807) is 11.0 Å². The van der Waals surface area contributed by atoms with Gasteiger partial charge in [0.2, 0.25) is 6.79 Å². The first-order valence-corrected chi connectivity index (χ1v) is 10.2. The van der Waals surface area contributed by atoms with Crippen molar-refractivity contribution in [2.24, 2.45) is 0 Å². The van der Waals surface area contributed by atoms with E-state index < -0.39 is 0 Å². The van der Waals surface area contributed by atoms with Gasteiger partial charge < -0.3 is 23.8 Å². The molecule has 1 aromatic heterocycles. The lowest BCUT2D eigenvalue weighted by molar-refractivity contribution is 0.0438. The number of amides is 1. The van der Waals surface area contributed by atoms with E-state index in [-0.39, 0.29) is 18.8 Å². The van der Waals surface area contributed by atoms with Gasteiger partial charge in [-0.25, -0.2) is 4.98 Å². The van der Waals surface area contributed by atoms with Gasteiger partial charge in [0.25, 0.3) is 5.91 Å². The Kier molecular flexibility index (Phi) is 5.08. The Morgan fingerprint density at radius 1 is 0.968 bits per heavy atom. The van der Waals surface area contributed by atoms with Crippen molar-refractivity contribution in [1.82, 2.24) is 9.88 Å². The zero-order valence-corrected chi connectivity index (χ0v) is 17.1. The van der Waals surface area contributed by atoms with Crippen molar-refractivity contribution in [3.05, 3.63) is 77.6 Å². The maximum atomic E-state index is 13.4. The highest BCUT2D eigenvalue weighted by Crippen LogP contribution is 2.36.